The van der Waals surface area contributed by atoms with E-state index in [-0.39, 0.29) is 5.78 Å². The van der Waals surface area contributed by atoms with Crippen LogP contribution in [0, 0.1) is 0 Å². The number of anilines is 1. The van der Waals surface area contributed by atoms with E-state index in [2.05, 4.69) is 16.5 Å². The summed E-state index contributed by atoms with van der Waals surface area (Å²) in [6.45, 7) is 5.60. The van der Waals surface area contributed by atoms with Gasteiger partial charge in [0.25, 0.3) is 0 Å². The van der Waals surface area contributed by atoms with Crippen LogP contribution < -0.4 is 4.90 Å². The van der Waals surface area contributed by atoms with Gasteiger partial charge in [-0.05, 0) is 37.5 Å². The molecular formula is C13H16N2O. The molecule has 1 fully saturated rings. The molecule has 0 saturated carbocycles. The quantitative estimate of drug-likeness (QED) is 0.574. The van der Waals surface area contributed by atoms with Gasteiger partial charge in [0.1, 0.15) is 5.82 Å². The molecule has 0 radical (unpaired) electrons. The van der Waals surface area contributed by atoms with Gasteiger partial charge in [-0.3, -0.25) is 4.79 Å². The molecule has 2 heterocycles. The first-order chi connectivity index (χ1) is 7.81. The van der Waals surface area contributed by atoms with E-state index in [1.54, 1.807) is 6.20 Å². The van der Waals surface area contributed by atoms with E-state index in [4.69, 9.17) is 0 Å². The second-order valence-corrected chi connectivity index (χ2v) is 4.02. The number of piperidine rings is 1. The van der Waals surface area contributed by atoms with E-state index >= 15 is 0 Å². The summed E-state index contributed by atoms with van der Waals surface area (Å²) in [6, 6.07) is 3.74. The van der Waals surface area contributed by atoms with Gasteiger partial charge in [0, 0.05) is 24.8 Å². The molecule has 0 spiro atoms. The molecule has 3 heteroatoms. The largest absolute Gasteiger partial charge is 0.357 e. The van der Waals surface area contributed by atoms with Crippen molar-refractivity contribution in [1.29, 1.82) is 0 Å². The fraction of sp³-hybridized carbons (Fsp3) is 0.385. The van der Waals surface area contributed by atoms with Gasteiger partial charge in [-0.1, -0.05) is 6.58 Å². The minimum Gasteiger partial charge on any atom is -0.357 e. The van der Waals surface area contributed by atoms with Gasteiger partial charge in [0.15, 0.2) is 5.78 Å². The number of carbonyl (C=O) groups is 1. The van der Waals surface area contributed by atoms with Crippen LogP contribution in [-0.2, 0) is 0 Å². The zero-order valence-corrected chi connectivity index (χ0v) is 9.35. The summed E-state index contributed by atoms with van der Waals surface area (Å²) in [6.07, 6.45) is 6.72. The second kappa shape index (κ2) is 4.92. The molecular weight excluding hydrogens is 200 g/mol. The fourth-order valence-corrected chi connectivity index (χ4v) is 1.96. The maximum absolute atomic E-state index is 11.3. The van der Waals surface area contributed by atoms with Crippen molar-refractivity contribution < 1.29 is 4.79 Å². The molecule has 84 valence electrons. The fourth-order valence-electron chi connectivity index (χ4n) is 1.96. The first-order valence-corrected chi connectivity index (χ1v) is 5.69. The van der Waals surface area contributed by atoms with Crippen molar-refractivity contribution in [3.63, 3.8) is 0 Å². The zero-order valence-electron chi connectivity index (χ0n) is 9.35. The van der Waals surface area contributed by atoms with Crippen molar-refractivity contribution in [2.24, 2.45) is 0 Å². The lowest BCUT2D eigenvalue weighted by Gasteiger charge is -2.27. The summed E-state index contributed by atoms with van der Waals surface area (Å²) in [5.41, 5.74) is 0.607. The second-order valence-electron chi connectivity index (χ2n) is 4.02. The lowest BCUT2D eigenvalue weighted by atomic mass is 10.1. The van der Waals surface area contributed by atoms with Crippen LogP contribution in [0.15, 0.2) is 31.0 Å². The molecule has 1 aliphatic rings. The smallest absolute Gasteiger partial charge is 0.186 e. The number of pyridine rings is 1. The third-order valence-corrected chi connectivity index (χ3v) is 2.90. The summed E-state index contributed by atoms with van der Waals surface area (Å²) >= 11 is 0. The Morgan fingerprint density at radius 1 is 1.31 bits per heavy atom. The number of allylic oxidation sites excluding steroid dienone is 1. The SMILES string of the molecule is C=CC(=O)c1ccc(N2CCCCC2)nc1. The van der Waals surface area contributed by atoms with Crippen LogP contribution in [-0.4, -0.2) is 23.9 Å². The van der Waals surface area contributed by atoms with Crippen LogP contribution >= 0.6 is 0 Å². The van der Waals surface area contributed by atoms with Gasteiger partial charge in [-0.2, -0.15) is 0 Å². The highest BCUT2D eigenvalue weighted by atomic mass is 16.1. The molecule has 0 unspecified atom stereocenters. The number of hydrogen-bond donors (Lipinski definition) is 0. The summed E-state index contributed by atoms with van der Waals surface area (Å²) in [5, 5.41) is 0. The maximum Gasteiger partial charge on any atom is 0.186 e. The van der Waals surface area contributed by atoms with Crippen molar-refractivity contribution >= 4 is 11.6 Å². The predicted molar refractivity (Wildman–Crippen MR) is 64.8 cm³/mol. The van der Waals surface area contributed by atoms with E-state index in [0.29, 0.717) is 5.56 Å². The Morgan fingerprint density at radius 3 is 2.62 bits per heavy atom. The van der Waals surface area contributed by atoms with Crippen LogP contribution in [0.25, 0.3) is 0 Å². The standard InChI is InChI=1S/C13H16N2O/c1-2-12(16)11-6-7-13(14-10-11)15-8-4-3-5-9-15/h2,6-7,10H,1,3-5,8-9H2. The van der Waals surface area contributed by atoms with Crippen LogP contribution in [0.4, 0.5) is 5.82 Å². The monoisotopic (exact) mass is 216 g/mol. The number of aromatic nitrogens is 1. The van der Waals surface area contributed by atoms with Gasteiger partial charge >= 0.3 is 0 Å². The Labute approximate surface area is 95.8 Å². The molecule has 1 aromatic heterocycles. The van der Waals surface area contributed by atoms with Gasteiger partial charge in [0.05, 0.1) is 0 Å². The van der Waals surface area contributed by atoms with Gasteiger partial charge in [-0.25, -0.2) is 4.98 Å². The molecule has 0 aliphatic carbocycles. The third kappa shape index (κ3) is 2.30. The Bertz CT molecular complexity index is 377. The minimum absolute atomic E-state index is 0.0716. The molecule has 0 atom stereocenters. The molecule has 0 N–H and O–H groups in total. The highest BCUT2D eigenvalue weighted by Crippen LogP contribution is 2.17. The van der Waals surface area contributed by atoms with Crippen molar-refractivity contribution in [2.45, 2.75) is 19.3 Å². The zero-order chi connectivity index (χ0) is 11.4. The van der Waals surface area contributed by atoms with Crippen molar-refractivity contribution in [3.8, 4) is 0 Å². The van der Waals surface area contributed by atoms with Crippen molar-refractivity contribution in [1.82, 2.24) is 4.98 Å². The number of rotatable bonds is 3. The molecule has 0 aromatic carbocycles. The molecule has 0 amide bonds. The van der Waals surface area contributed by atoms with E-state index < -0.39 is 0 Å². The lowest BCUT2D eigenvalue weighted by molar-refractivity contribution is 0.104. The average molecular weight is 216 g/mol. The maximum atomic E-state index is 11.3. The molecule has 0 bridgehead atoms. The summed E-state index contributed by atoms with van der Waals surface area (Å²) < 4.78 is 0. The topological polar surface area (TPSA) is 33.2 Å². The number of nitrogens with zero attached hydrogens (tertiary/aromatic N) is 2. The Hall–Kier alpha value is -1.64. The summed E-state index contributed by atoms with van der Waals surface area (Å²) in [5.74, 6) is 0.901. The summed E-state index contributed by atoms with van der Waals surface area (Å²) in [4.78, 5) is 17.9. The van der Waals surface area contributed by atoms with E-state index in [9.17, 15) is 4.79 Å². The number of hydrogen-bond acceptors (Lipinski definition) is 3. The predicted octanol–water partition coefficient (Wildman–Crippen LogP) is 2.44. The Kier molecular flexibility index (Phi) is 3.34. The van der Waals surface area contributed by atoms with Crippen LogP contribution in [0.2, 0.25) is 0 Å². The van der Waals surface area contributed by atoms with Crippen molar-refractivity contribution in [2.75, 3.05) is 18.0 Å². The minimum atomic E-state index is -0.0716. The van der Waals surface area contributed by atoms with Crippen LogP contribution in [0.3, 0.4) is 0 Å². The number of ketones is 1. The highest BCUT2D eigenvalue weighted by Gasteiger charge is 2.12. The first kappa shape index (κ1) is 10.9. The highest BCUT2D eigenvalue weighted by molar-refractivity contribution is 6.03. The third-order valence-electron chi connectivity index (χ3n) is 2.90. The van der Waals surface area contributed by atoms with Crippen molar-refractivity contribution in [3.05, 3.63) is 36.5 Å². The molecule has 1 aromatic rings. The molecule has 16 heavy (non-hydrogen) atoms. The van der Waals surface area contributed by atoms with E-state index in [1.165, 1.54) is 25.3 Å². The van der Waals surface area contributed by atoms with Gasteiger partial charge < -0.3 is 4.90 Å². The normalized spacial score (nSPS) is 15.9. The molecule has 1 aliphatic heterocycles. The number of carbonyl (C=O) groups excluding carboxylic acids is 1. The van der Waals surface area contributed by atoms with Gasteiger partial charge in [-0.15, -0.1) is 0 Å². The Morgan fingerprint density at radius 2 is 2.06 bits per heavy atom. The molecule has 3 nitrogen and oxygen atoms in total. The van der Waals surface area contributed by atoms with Gasteiger partial charge in [0.2, 0.25) is 0 Å². The summed E-state index contributed by atoms with van der Waals surface area (Å²) in [7, 11) is 0. The van der Waals surface area contributed by atoms with Crippen LogP contribution in [0.1, 0.15) is 29.6 Å². The van der Waals surface area contributed by atoms with E-state index in [0.717, 1.165) is 18.9 Å². The molecule has 1 saturated heterocycles. The van der Waals surface area contributed by atoms with E-state index in [1.807, 2.05) is 12.1 Å². The average Bonchev–Trinajstić information content (AvgIpc) is 2.39. The van der Waals surface area contributed by atoms with Crippen LogP contribution in [0.5, 0.6) is 0 Å². The first-order valence-electron chi connectivity index (χ1n) is 5.69. The Balaban J connectivity index is 2.11. The molecule has 2 rings (SSSR count). The lowest BCUT2D eigenvalue weighted by Crippen LogP contribution is -2.30.